The van der Waals surface area contributed by atoms with E-state index in [-0.39, 0.29) is 11.8 Å². The summed E-state index contributed by atoms with van der Waals surface area (Å²) < 4.78 is 5.62. The molecule has 0 radical (unpaired) electrons. The van der Waals surface area contributed by atoms with Crippen molar-refractivity contribution in [3.63, 3.8) is 0 Å². The molecular formula is C24H27N7O2S. The Morgan fingerprint density at radius 1 is 1.26 bits per heavy atom. The summed E-state index contributed by atoms with van der Waals surface area (Å²) in [5, 5.41) is 8.43. The third-order valence-electron chi connectivity index (χ3n) is 6.29. The highest BCUT2D eigenvalue weighted by molar-refractivity contribution is 7.80. The van der Waals surface area contributed by atoms with Gasteiger partial charge in [0.1, 0.15) is 11.8 Å². The number of ether oxygens (including phenoxy) is 1. The molecule has 2 aromatic heterocycles. The Hall–Kier alpha value is -3.53. The number of aryl methyl sites for hydroxylation is 1. The van der Waals surface area contributed by atoms with Gasteiger partial charge in [-0.3, -0.25) is 9.89 Å². The molecule has 34 heavy (non-hydrogen) atoms. The molecule has 0 saturated carbocycles. The van der Waals surface area contributed by atoms with Gasteiger partial charge in [-0.15, -0.1) is 12.6 Å². The molecule has 0 saturated heterocycles. The highest BCUT2D eigenvalue weighted by atomic mass is 32.1. The predicted octanol–water partition coefficient (Wildman–Crippen LogP) is 3.19. The number of thiol groups is 1. The minimum Gasteiger partial charge on any atom is -0.453 e. The van der Waals surface area contributed by atoms with Crippen LogP contribution in [0.5, 0.6) is 6.01 Å². The van der Waals surface area contributed by atoms with E-state index in [4.69, 9.17) is 14.7 Å². The molecule has 5 rings (SSSR count). The number of hydrogen-bond acceptors (Lipinski definition) is 8. The quantitative estimate of drug-likeness (QED) is 0.331. The lowest BCUT2D eigenvalue weighted by atomic mass is 10.1. The van der Waals surface area contributed by atoms with Crippen LogP contribution in [0.3, 0.4) is 0 Å². The summed E-state index contributed by atoms with van der Waals surface area (Å²) in [6.07, 6.45) is 8.68. The van der Waals surface area contributed by atoms with Crippen molar-refractivity contribution in [3.8, 4) is 6.01 Å². The third-order valence-corrected chi connectivity index (χ3v) is 6.42. The third kappa shape index (κ3) is 4.09. The molecule has 10 heteroatoms. The Labute approximate surface area is 203 Å². The van der Waals surface area contributed by atoms with Gasteiger partial charge in [-0.25, -0.2) is 0 Å². The van der Waals surface area contributed by atoms with Crippen molar-refractivity contribution in [1.82, 2.24) is 25.1 Å². The number of carbonyl (C=O) groups excluding carboxylic acids is 1. The van der Waals surface area contributed by atoms with Crippen LogP contribution in [0, 0.1) is 6.92 Å². The fourth-order valence-corrected chi connectivity index (χ4v) is 4.79. The molecule has 9 nitrogen and oxygen atoms in total. The number of aromatic amines is 1. The second kappa shape index (κ2) is 9.38. The smallest absolute Gasteiger partial charge is 0.319 e. The Balaban J connectivity index is 1.53. The Morgan fingerprint density at radius 3 is 2.91 bits per heavy atom. The summed E-state index contributed by atoms with van der Waals surface area (Å²) >= 11 is 4.20. The number of nitrogens with one attached hydrogen (secondary N) is 1. The van der Waals surface area contributed by atoms with Gasteiger partial charge in [0.05, 0.1) is 29.6 Å². The largest absolute Gasteiger partial charge is 0.453 e. The first-order valence-corrected chi connectivity index (χ1v) is 11.9. The number of nitrogens with zero attached hydrogens (tertiary/aromatic N) is 6. The van der Waals surface area contributed by atoms with E-state index in [1.165, 1.54) is 17.3 Å². The molecule has 3 aromatic rings. The second-order valence-corrected chi connectivity index (χ2v) is 8.60. The van der Waals surface area contributed by atoms with Crippen LogP contribution in [-0.4, -0.2) is 56.5 Å². The van der Waals surface area contributed by atoms with Crippen LogP contribution in [0.1, 0.15) is 23.2 Å². The molecule has 1 N–H and O–H groups in total. The molecule has 1 amide bonds. The predicted molar refractivity (Wildman–Crippen MR) is 135 cm³/mol. The zero-order valence-corrected chi connectivity index (χ0v) is 20.0. The van der Waals surface area contributed by atoms with Crippen LogP contribution in [-0.2, 0) is 17.8 Å². The maximum atomic E-state index is 12.0. The number of H-pyrrole nitrogens is 1. The van der Waals surface area contributed by atoms with Gasteiger partial charge in [0.2, 0.25) is 5.91 Å². The van der Waals surface area contributed by atoms with Crippen molar-refractivity contribution in [2.45, 2.75) is 26.3 Å². The van der Waals surface area contributed by atoms with Crippen LogP contribution >= 0.6 is 12.6 Å². The molecule has 0 fully saturated rings. The van der Waals surface area contributed by atoms with Gasteiger partial charge >= 0.3 is 6.01 Å². The highest BCUT2D eigenvalue weighted by Gasteiger charge is 2.26. The number of hydrogen-bond donors (Lipinski definition) is 2. The van der Waals surface area contributed by atoms with Gasteiger partial charge < -0.3 is 19.4 Å². The van der Waals surface area contributed by atoms with Gasteiger partial charge in [-0.2, -0.15) is 15.1 Å². The summed E-state index contributed by atoms with van der Waals surface area (Å²) in [7, 11) is 0. The van der Waals surface area contributed by atoms with E-state index in [1.807, 2.05) is 12.4 Å². The van der Waals surface area contributed by atoms with Gasteiger partial charge in [-0.1, -0.05) is 12.6 Å². The van der Waals surface area contributed by atoms with Crippen LogP contribution in [0.4, 0.5) is 11.5 Å². The molecule has 0 bridgehead atoms. The van der Waals surface area contributed by atoms with Crippen molar-refractivity contribution in [2.75, 3.05) is 35.4 Å². The van der Waals surface area contributed by atoms with E-state index in [1.54, 1.807) is 11.1 Å². The molecule has 4 heterocycles. The van der Waals surface area contributed by atoms with Crippen LogP contribution < -0.4 is 14.5 Å². The minimum absolute atomic E-state index is 0.115. The average molecular weight is 478 g/mol. The molecule has 0 atom stereocenters. The van der Waals surface area contributed by atoms with Crippen molar-refractivity contribution in [3.05, 3.63) is 60.2 Å². The lowest BCUT2D eigenvalue weighted by Crippen LogP contribution is -2.38. The SMILES string of the molecule is C=CC(=O)N1C=CN(c2nc(OCS)nc3c2CCCN(c2c(C)ccc4[nH]ncc24)C3)CC1. The molecule has 2 aliphatic rings. The van der Waals surface area contributed by atoms with E-state index in [0.717, 1.165) is 47.4 Å². The summed E-state index contributed by atoms with van der Waals surface area (Å²) in [4.78, 5) is 27.5. The fourth-order valence-electron chi connectivity index (χ4n) is 4.67. The number of benzene rings is 1. The highest BCUT2D eigenvalue weighted by Crippen LogP contribution is 2.35. The molecule has 0 unspecified atom stereocenters. The number of carbonyl (C=O) groups is 1. The van der Waals surface area contributed by atoms with Crippen molar-refractivity contribution in [1.29, 1.82) is 0 Å². The molecule has 0 aliphatic carbocycles. The molecule has 176 valence electrons. The van der Waals surface area contributed by atoms with Gasteiger partial charge in [-0.05, 0) is 37.5 Å². The topological polar surface area (TPSA) is 90.5 Å². The van der Waals surface area contributed by atoms with Crippen molar-refractivity contribution < 1.29 is 9.53 Å². The number of amides is 1. The summed E-state index contributed by atoms with van der Waals surface area (Å²) in [5.74, 6) is 0.895. The second-order valence-electron chi connectivity index (χ2n) is 8.34. The average Bonchev–Trinajstić information content (AvgIpc) is 3.23. The maximum absolute atomic E-state index is 12.0. The zero-order chi connectivity index (χ0) is 23.7. The number of rotatable bonds is 5. The Kier molecular flexibility index (Phi) is 6.14. The van der Waals surface area contributed by atoms with Crippen molar-refractivity contribution in [2.24, 2.45) is 0 Å². The molecular weight excluding hydrogens is 450 g/mol. The maximum Gasteiger partial charge on any atom is 0.319 e. The lowest BCUT2D eigenvalue weighted by Gasteiger charge is -2.30. The minimum atomic E-state index is -0.115. The number of anilines is 2. The fraction of sp³-hybridized carbons (Fsp3) is 0.333. The number of fused-ring (bicyclic) bond motifs is 2. The Morgan fingerprint density at radius 2 is 2.15 bits per heavy atom. The first-order chi connectivity index (χ1) is 16.6. The van der Waals surface area contributed by atoms with Crippen LogP contribution in [0.2, 0.25) is 0 Å². The summed E-state index contributed by atoms with van der Waals surface area (Å²) in [5.41, 5.74) is 5.44. The van der Waals surface area contributed by atoms with E-state index in [9.17, 15) is 4.79 Å². The molecule has 0 spiro atoms. The lowest BCUT2D eigenvalue weighted by molar-refractivity contribution is -0.123. The summed E-state index contributed by atoms with van der Waals surface area (Å²) in [6, 6.07) is 4.49. The van der Waals surface area contributed by atoms with E-state index in [0.29, 0.717) is 25.6 Å². The molecule has 1 aromatic carbocycles. The van der Waals surface area contributed by atoms with Crippen molar-refractivity contribution >= 4 is 40.9 Å². The monoisotopic (exact) mass is 477 g/mol. The van der Waals surface area contributed by atoms with Gasteiger partial charge in [0.25, 0.3) is 0 Å². The first kappa shape index (κ1) is 22.3. The standard InChI is InChI=1S/C24H27N7O2S/c1-3-21(32)29-9-11-30(12-10-29)23-17-5-4-8-31(14-20(17)26-24(27-23)33-15-34)22-16(2)6-7-19-18(22)13-25-28-19/h3,6-7,9,11,13,34H,1,4-5,8,10,12,14-15H2,2H3,(H,25,28). The summed E-state index contributed by atoms with van der Waals surface area (Å²) in [6.45, 7) is 8.40. The van der Waals surface area contributed by atoms with E-state index in [2.05, 4.69) is 58.3 Å². The Bertz CT molecular complexity index is 1270. The van der Waals surface area contributed by atoms with E-state index >= 15 is 0 Å². The normalized spacial score (nSPS) is 15.9. The zero-order valence-electron chi connectivity index (χ0n) is 19.1. The van der Waals surface area contributed by atoms with E-state index < -0.39 is 0 Å². The first-order valence-electron chi connectivity index (χ1n) is 11.3. The number of aromatic nitrogens is 4. The van der Waals surface area contributed by atoms with Crippen LogP contribution in [0.25, 0.3) is 10.9 Å². The molecule has 2 aliphatic heterocycles. The van der Waals surface area contributed by atoms with Crippen LogP contribution in [0.15, 0.2) is 43.4 Å². The van der Waals surface area contributed by atoms with Gasteiger partial charge in [0.15, 0.2) is 0 Å². The van der Waals surface area contributed by atoms with Gasteiger partial charge in [0, 0.05) is 43.0 Å².